The van der Waals surface area contributed by atoms with Crippen molar-refractivity contribution in [3.8, 4) is 0 Å². The molecule has 1 fully saturated rings. The Labute approximate surface area is 144 Å². The van der Waals surface area contributed by atoms with Gasteiger partial charge in [0.2, 0.25) is 10.0 Å². The Balaban J connectivity index is 1.93. The minimum atomic E-state index is -3.40. The molecule has 1 atom stereocenters. The fourth-order valence-corrected chi connectivity index (χ4v) is 3.20. The number of hydrogen-bond acceptors (Lipinski definition) is 7. The van der Waals surface area contributed by atoms with E-state index in [1.54, 1.807) is 24.4 Å². The smallest absolute Gasteiger partial charge is 0.325 e. The minimum absolute atomic E-state index is 0.395. The van der Waals surface area contributed by atoms with Crippen molar-refractivity contribution in [3.63, 3.8) is 0 Å². The van der Waals surface area contributed by atoms with Gasteiger partial charge in [0.25, 0.3) is 0 Å². The van der Waals surface area contributed by atoms with Crippen molar-refractivity contribution in [3.05, 3.63) is 36.3 Å². The highest BCUT2D eigenvalue weighted by molar-refractivity contribution is 7.92. The van der Waals surface area contributed by atoms with Crippen LogP contribution in [0.15, 0.2) is 36.3 Å². The molecule has 0 spiro atoms. The molecule has 1 saturated heterocycles. The van der Waals surface area contributed by atoms with Gasteiger partial charge in [-0.15, -0.1) is 0 Å². The number of carbonyl (C=O) groups is 1. The number of nitrogens with one attached hydrogen (secondary N) is 3. The van der Waals surface area contributed by atoms with Crippen molar-refractivity contribution in [2.45, 2.75) is 12.5 Å². The third-order valence-electron chi connectivity index (χ3n) is 3.71. The predicted octanol–water partition coefficient (Wildman–Crippen LogP) is 0.744. The zero-order valence-electron chi connectivity index (χ0n) is 13.4. The molecule has 4 N–H and O–H groups in total. The Bertz CT molecular complexity index is 958. The van der Waals surface area contributed by atoms with Gasteiger partial charge in [-0.05, 0) is 30.2 Å². The van der Waals surface area contributed by atoms with Crippen LogP contribution in [0.3, 0.4) is 0 Å². The number of rotatable bonds is 5. The maximum Gasteiger partial charge on any atom is 0.325 e. The quantitative estimate of drug-likeness (QED) is 0.611. The fraction of sp³-hybridized carbons (Fsp3) is 0.267. The monoisotopic (exact) mass is 363 g/mol. The van der Waals surface area contributed by atoms with Crippen LogP contribution < -0.4 is 15.4 Å². The third-order valence-corrected chi connectivity index (χ3v) is 4.32. The summed E-state index contributed by atoms with van der Waals surface area (Å²) < 4.78 is 25.2. The maximum atomic E-state index is 11.4. The van der Waals surface area contributed by atoms with Gasteiger partial charge in [0, 0.05) is 23.8 Å². The van der Waals surface area contributed by atoms with Crippen molar-refractivity contribution in [2.75, 3.05) is 22.8 Å². The number of carboxylic acids is 1. The zero-order valence-corrected chi connectivity index (χ0v) is 14.2. The third kappa shape index (κ3) is 4.03. The summed E-state index contributed by atoms with van der Waals surface area (Å²) in [4.78, 5) is 19.5. The first-order valence-electron chi connectivity index (χ1n) is 7.48. The number of benzene rings is 1. The maximum absolute atomic E-state index is 11.4. The lowest BCUT2D eigenvalue weighted by Gasteiger charge is -2.10. The number of sulfonamides is 1. The lowest BCUT2D eigenvalue weighted by Crippen LogP contribution is -2.31. The second-order valence-corrected chi connectivity index (χ2v) is 7.42. The average Bonchev–Trinajstić information content (AvgIpc) is 3.00. The number of anilines is 2. The number of carboxylic acid groups (broad SMARTS) is 1. The van der Waals surface area contributed by atoms with Crippen molar-refractivity contribution in [1.82, 2.24) is 15.3 Å². The van der Waals surface area contributed by atoms with Gasteiger partial charge in [-0.25, -0.2) is 18.4 Å². The first kappa shape index (κ1) is 17.1. The molecule has 25 heavy (non-hydrogen) atoms. The molecule has 9 nitrogen and oxygen atoms in total. The van der Waals surface area contributed by atoms with Gasteiger partial charge in [-0.1, -0.05) is 0 Å². The first-order valence-corrected chi connectivity index (χ1v) is 9.37. The van der Waals surface area contributed by atoms with Gasteiger partial charge in [-0.2, -0.15) is 0 Å². The molecule has 0 aliphatic carbocycles. The average molecular weight is 363 g/mol. The SMILES string of the molecule is CS(=O)(=O)Nc1ccc2ncnc(NC=C3CCN[C@@H]3C(=O)O)c2c1. The van der Waals surface area contributed by atoms with E-state index in [0.29, 0.717) is 40.9 Å². The van der Waals surface area contributed by atoms with E-state index in [2.05, 4.69) is 25.3 Å². The molecular weight excluding hydrogens is 346 g/mol. The molecule has 1 aromatic carbocycles. The van der Waals surface area contributed by atoms with Crippen LogP contribution in [0.2, 0.25) is 0 Å². The molecule has 1 aliphatic rings. The molecule has 2 aromatic rings. The number of aliphatic carboxylic acids is 1. The number of fused-ring (bicyclic) bond motifs is 1. The highest BCUT2D eigenvalue weighted by Gasteiger charge is 2.26. The van der Waals surface area contributed by atoms with E-state index in [1.807, 2.05) is 0 Å². The molecule has 2 heterocycles. The Hall–Kier alpha value is -2.72. The van der Waals surface area contributed by atoms with Gasteiger partial charge in [0.1, 0.15) is 18.2 Å². The highest BCUT2D eigenvalue weighted by atomic mass is 32.2. The number of aromatic nitrogens is 2. The topological polar surface area (TPSA) is 133 Å². The summed E-state index contributed by atoms with van der Waals surface area (Å²) >= 11 is 0. The zero-order chi connectivity index (χ0) is 18.0. The van der Waals surface area contributed by atoms with Gasteiger partial charge in [0.05, 0.1) is 11.8 Å². The van der Waals surface area contributed by atoms with Crippen LogP contribution in [0.4, 0.5) is 11.5 Å². The summed E-state index contributed by atoms with van der Waals surface area (Å²) in [5.74, 6) is -0.469. The van der Waals surface area contributed by atoms with Crippen LogP contribution in [0.1, 0.15) is 6.42 Å². The minimum Gasteiger partial charge on any atom is -0.480 e. The molecule has 0 unspecified atom stereocenters. The predicted molar refractivity (Wildman–Crippen MR) is 93.8 cm³/mol. The number of nitrogens with zero attached hydrogens (tertiary/aromatic N) is 2. The molecule has 10 heteroatoms. The van der Waals surface area contributed by atoms with E-state index in [4.69, 9.17) is 0 Å². The first-order chi connectivity index (χ1) is 11.8. The van der Waals surface area contributed by atoms with E-state index in [0.717, 1.165) is 6.26 Å². The summed E-state index contributed by atoms with van der Waals surface area (Å²) in [6, 6.07) is 4.20. The Kier molecular flexibility index (Phi) is 4.55. The van der Waals surface area contributed by atoms with Gasteiger partial charge < -0.3 is 15.7 Å². The van der Waals surface area contributed by atoms with Crippen LogP contribution >= 0.6 is 0 Å². The van der Waals surface area contributed by atoms with Crippen LogP contribution in [-0.4, -0.2) is 48.3 Å². The standard InChI is InChI=1S/C15H17N5O4S/c1-25(23,24)20-10-2-3-12-11(6-10)14(19-8-18-12)17-7-9-4-5-16-13(9)15(21)22/h2-3,6-8,13,16,20H,4-5H2,1H3,(H,21,22)(H,17,18,19)/t13-/m0/s1. The van der Waals surface area contributed by atoms with Crippen LogP contribution in [-0.2, 0) is 14.8 Å². The van der Waals surface area contributed by atoms with E-state index in [-0.39, 0.29) is 0 Å². The van der Waals surface area contributed by atoms with Gasteiger partial charge in [0.15, 0.2) is 0 Å². The lowest BCUT2D eigenvalue weighted by atomic mass is 10.1. The van der Waals surface area contributed by atoms with E-state index in [9.17, 15) is 18.3 Å². The second kappa shape index (κ2) is 6.65. The molecule has 0 saturated carbocycles. The van der Waals surface area contributed by atoms with Gasteiger partial charge >= 0.3 is 5.97 Å². The van der Waals surface area contributed by atoms with Crippen molar-refractivity contribution >= 4 is 38.4 Å². The molecule has 1 aromatic heterocycles. The lowest BCUT2D eigenvalue weighted by molar-refractivity contribution is -0.138. The molecule has 3 rings (SSSR count). The fourth-order valence-electron chi connectivity index (χ4n) is 2.65. The van der Waals surface area contributed by atoms with E-state index < -0.39 is 22.0 Å². The summed E-state index contributed by atoms with van der Waals surface area (Å²) in [5, 5.41) is 15.7. The number of hydrogen-bond donors (Lipinski definition) is 4. The van der Waals surface area contributed by atoms with Crippen LogP contribution in [0.25, 0.3) is 10.9 Å². The van der Waals surface area contributed by atoms with Crippen molar-refractivity contribution in [2.24, 2.45) is 0 Å². The largest absolute Gasteiger partial charge is 0.480 e. The van der Waals surface area contributed by atoms with Crippen molar-refractivity contribution < 1.29 is 18.3 Å². The molecule has 1 aliphatic heterocycles. The normalized spacial score (nSPS) is 19.2. The summed E-state index contributed by atoms with van der Waals surface area (Å²) in [7, 11) is -3.40. The Morgan fingerprint density at radius 1 is 1.40 bits per heavy atom. The van der Waals surface area contributed by atoms with Gasteiger partial charge in [-0.3, -0.25) is 9.52 Å². The molecule has 132 valence electrons. The van der Waals surface area contributed by atoms with E-state index >= 15 is 0 Å². The van der Waals surface area contributed by atoms with Crippen LogP contribution in [0.5, 0.6) is 0 Å². The molecule has 0 bridgehead atoms. The van der Waals surface area contributed by atoms with E-state index in [1.165, 1.54) is 6.33 Å². The Morgan fingerprint density at radius 3 is 2.92 bits per heavy atom. The molecular formula is C15H17N5O4S. The summed E-state index contributed by atoms with van der Waals surface area (Å²) in [6.07, 6.45) is 4.70. The van der Waals surface area contributed by atoms with Crippen LogP contribution in [0, 0.1) is 0 Å². The van der Waals surface area contributed by atoms with Crippen molar-refractivity contribution in [1.29, 1.82) is 0 Å². The summed E-state index contributed by atoms with van der Waals surface area (Å²) in [5.41, 5.74) is 1.74. The Morgan fingerprint density at radius 2 is 2.20 bits per heavy atom. The molecule has 0 radical (unpaired) electrons. The second-order valence-electron chi connectivity index (χ2n) is 5.67. The highest BCUT2D eigenvalue weighted by Crippen LogP contribution is 2.24. The molecule has 0 amide bonds. The summed E-state index contributed by atoms with van der Waals surface area (Å²) in [6.45, 7) is 0.595.